The van der Waals surface area contributed by atoms with Crippen LogP contribution in [0.3, 0.4) is 0 Å². The third-order valence-corrected chi connectivity index (χ3v) is 5.32. The van der Waals surface area contributed by atoms with Crippen molar-refractivity contribution < 1.29 is 14.1 Å². The van der Waals surface area contributed by atoms with Crippen LogP contribution in [0.4, 0.5) is 5.95 Å². The summed E-state index contributed by atoms with van der Waals surface area (Å²) in [6.07, 6.45) is 2.29. The van der Waals surface area contributed by atoms with Gasteiger partial charge >= 0.3 is 0 Å². The Morgan fingerprint density at radius 3 is 2.55 bits per heavy atom. The minimum Gasteiger partial charge on any atom is -0.497 e. The van der Waals surface area contributed by atoms with Gasteiger partial charge in [-0.3, -0.25) is 4.79 Å². The van der Waals surface area contributed by atoms with Crippen LogP contribution in [0.1, 0.15) is 54.4 Å². The first-order valence-electron chi connectivity index (χ1n) is 10.6. The molecule has 3 heterocycles. The minimum absolute atomic E-state index is 0.149. The van der Waals surface area contributed by atoms with Crippen molar-refractivity contribution in [1.82, 2.24) is 20.4 Å². The second kappa shape index (κ2) is 9.16. The van der Waals surface area contributed by atoms with Crippen LogP contribution < -0.4 is 15.0 Å². The number of nitrogens with one attached hydrogen (secondary N) is 1. The molecule has 1 fully saturated rings. The Bertz CT molecular complexity index is 1040. The van der Waals surface area contributed by atoms with Gasteiger partial charge in [0.1, 0.15) is 11.4 Å². The molecular formula is C23H27N5O3. The minimum atomic E-state index is -0.326. The lowest BCUT2D eigenvalue weighted by Crippen LogP contribution is -2.22. The first-order valence-corrected chi connectivity index (χ1v) is 10.6. The summed E-state index contributed by atoms with van der Waals surface area (Å²) in [5, 5.41) is 6.94. The molecule has 1 aromatic carbocycles. The van der Waals surface area contributed by atoms with Gasteiger partial charge in [0.25, 0.3) is 5.91 Å². The maximum Gasteiger partial charge on any atom is 0.290 e. The zero-order valence-electron chi connectivity index (χ0n) is 18.1. The largest absolute Gasteiger partial charge is 0.497 e. The Morgan fingerprint density at radius 2 is 1.87 bits per heavy atom. The van der Waals surface area contributed by atoms with Crippen molar-refractivity contribution in [2.75, 3.05) is 25.1 Å². The summed E-state index contributed by atoms with van der Waals surface area (Å²) in [6.45, 7) is 6.49. The number of hydrogen-bond acceptors (Lipinski definition) is 7. The van der Waals surface area contributed by atoms with Crippen LogP contribution in [0.25, 0.3) is 11.4 Å². The molecule has 0 unspecified atom stereocenters. The van der Waals surface area contributed by atoms with Crippen molar-refractivity contribution in [3.63, 3.8) is 0 Å². The fourth-order valence-corrected chi connectivity index (χ4v) is 3.45. The van der Waals surface area contributed by atoms with E-state index in [-0.39, 0.29) is 17.6 Å². The lowest BCUT2D eigenvalue weighted by Gasteiger charge is -2.17. The molecule has 162 valence electrons. The third-order valence-electron chi connectivity index (χ3n) is 5.32. The molecule has 1 N–H and O–H groups in total. The molecular weight excluding hydrogens is 394 g/mol. The molecule has 8 nitrogen and oxygen atoms in total. The van der Waals surface area contributed by atoms with E-state index in [9.17, 15) is 4.79 Å². The van der Waals surface area contributed by atoms with Crippen molar-refractivity contribution in [2.24, 2.45) is 0 Å². The number of nitrogens with zero attached hydrogens (tertiary/aromatic N) is 4. The predicted octanol–water partition coefficient (Wildman–Crippen LogP) is 3.79. The zero-order chi connectivity index (χ0) is 21.8. The van der Waals surface area contributed by atoms with Gasteiger partial charge in [-0.25, -0.2) is 9.97 Å². The molecule has 4 rings (SSSR count). The summed E-state index contributed by atoms with van der Waals surface area (Å²) in [6, 6.07) is 11.1. The van der Waals surface area contributed by atoms with Gasteiger partial charge in [-0.2, -0.15) is 0 Å². The Hall–Kier alpha value is -3.42. The molecule has 0 bridgehead atoms. The van der Waals surface area contributed by atoms with Gasteiger partial charge in [-0.05, 0) is 42.5 Å². The average molecular weight is 422 g/mol. The zero-order valence-corrected chi connectivity index (χ0v) is 18.1. The highest BCUT2D eigenvalue weighted by atomic mass is 16.5. The molecule has 1 aliphatic rings. The van der Waals surface area contributed by atoms with E-state index in [4.69, 9.17) is 19.2 Å². The van der Waals surface area contributed by atoms with E-state index >= 15 is 0 Å². The highest BCUT2D eigenvalue weighted by Crippen LogP contribution is 2.26. The van der Waals surface area contributed by atoms with Gasteiger partial charge in [0.2, 0.25) is 11.7 Å². The summed E-state index contributed by atoms with van der Waals surface area (Å²) in [4.78, 5) is 24.1. The number of amides is 1. The maximum absolute atomic E-state index is 12.5. The Balaban J connectivity index is 1.50. The molecule has 0 aliphatic carbocycles. The molecule has 3 aromatic rings. The average Bonchev–Trinajstić information content (AvgIpc) is 3.50. The van der Waals surface area contributed by atoms with Crippen molar-refractivity contribution >= 4 is 11.9 Å². The van der Waals surface area contributed by atoms with Gasteiger partial charge in [0, 0.05) is 31.4 Å². The molecule has 1 aliphatic heterocycles. The van der Waals surface area contributed by atoms with E-state index in [0.29, 0.717) is 23.9 Å². The Kier molecular flexibility index (Phi) is 6.16. The summed E-state index contributed by atoms with van der Waals surface area (Å²) < 4.78 is 10.5. The van der Waals surface area contributed by atoms with Crippen molar-refractivity contribution in [3.8, 4) is 17.1 Å². The van der Waals surface area contributed by atoms with Gasteiger partial charge < -0.3 is 19.5 Å². The number of ether oxygens (including phenoxy) is 1. The van der Waals surface area contributed by atoms with E-state index in [1.807, 2.05) is 30.3 Å². The number of carbonyl (C=O) groups is 1. The van der Waals surface area contributed by atoms with Crippen LogP contribution in [-0.4, -0.2) is 41.2 Å². The van der Waals surface area contributed by atoms with Crippen LogP contribution in [0.15, 0.2) is 40.9 Å². The van der Waals surface area contributed by atoms with E-state index in [1.54, 1.807) is 13.2 Å². The third kappa shape index (κ3) is 4.84. The maximum atomic E-state index is 12.5. The molecule has 0 atom stereocenters. The van der Waals surface area contributed by atoms with Crippen LogP contribution in [-0.2, 0) is 6.54 Å². The Morgan fingerprint density at radius 1 is 1.13 bits per heavy atom. The molecule has 31 heavy (non-hydrogen) atoms. The van der Waals surface area contributed by atoms with Gasteiger partial charge in [-0.15, -0.1) is 0 Å². The van der Waals surface area contributed by atoms with Crippen molar-refractivity contribution in [1.29, 1.82) is 0 Å². The van der Waals surface area contributed by atoms with Crippen LogP contribution >= 0.6 is 0 Å². The van der Waals surface area contributed by atoms with Crippen LogP contribution in [0, 0.1) is 0 Å². The van der Waals surface area contributed by atoms with E-state index in [0.717, 1.165) is 42.9 Å². The topological polar surface area (TPSA) is 93.4 Å². The van der Waals surface area contributed by atoms with Crippen molar-refractivity contribution in [3.05, 3.63) is 53.4 Å². The smallest absolute Gasteiger partial charge is 0.290 e. The van der Waals surface area contributed by atoms with Gasteiger partial charge in [-0.1, -0.05) is 31.1 Å². The number of rotatable bonds is 7. The molecule has 2 aromatic heterocycles. The van der Waals surface area contributed by atoms with Gasteiger partial charge in [0.05, 0.1) is 12.8 Å². The number of benzene rings is 1. The number of hydrogen-bond donors (Lipinski definition) is 1. The summed E-state index contributed by atoms with van der Waals surface area (Å²) in [7, 11) is 1.62. The monoisotopic (exact) mass is 421 g/mol. The standard InChI is InChI=1S/C23H27N5O3/c1-15(2)18-12-19(26-23(25-18)28-10-4-5-11-28)20-13-21(31-27-20)22(29)24-14-16-6-8-17(30-3)9-7-16/h6-9,12-13,15H,4-5,10-11,14H2,1-3H3,(H,24,29). The number of carbonyl (C=O) groups excluding carboxylic acids is 1. The molecule has 0 spiro atoms. The van der Waals surface area contributed by atoms with E-state index < -0.39 is 0 Å². The second-order valence-corrected chi connectivity index (χ2v) is 7.93. The number of methoxy groups -OCH3 is 1. The fraction of sp³-hybridized carbons (Fsp3) is 0.391. The molecule has 0 saturated carbocycles. The lowest BCUT2D eigenvalue weighted by atomic mass is 10.1. The normalized spacial score (nSPS) is 13.6. The van der Waals surface area contributed by atoms with Crippen LogP contribution in [0.5, 0.6) is 5.75 Å². The SMILES string of the molecule is COc1ccc(CNC(=O)c2cc(-c3cc(C(C)C)nc(N4CCCC4)n3)no2)cc1. The first kappa shape index (κ1) is 20.8. The first-order chi connectivity index (χ1) is 15.0. The molecule has 0 radical (unpaired) electrons. The second-order valence-electron chi connectivity index (χ2n) is 7.93. The number of aromatic nitrogens is 3. The van der Waals surface area contributed by atoms with Crippen molar-refractivity contribution in [2.45, 2.75) is 39.2 Å². The lowest BCUT2D eigenvalue weighted by molar-refractivity contribution is 0.0914. The number of anilines is 1. The fourth-order valence-electron chi connectivity index (χ4n) is 3.45. The molecule has 1 amide bonds. The highest BCUT2D eigenvalue weighted by Gasteiger charge is 2.20. The Labute approximate surface area is 181 Å². The van der Waals surface area contributed by atoms with Gasteiger partial charge in [0.15, 0.2) is 0 Å². The van der Waals surface area contributed by atoms with E-state index in [1.165, 1.54) is 0 Å². The summed E-state index contributed by atoms with van der Waals surface area (Å²) in [5.74, 6) is 1.56. The molecule has 8 heteroatoms. The van der Waals surface area contributed by atoms with Crippen LogP contribution in [0.2, 0.25) is 0 Å². The summed E-state index contributed by atoms with van der Waals surface area (Å²) in [5.41, 5.74) is 3.10. The highest BCUT2D eigenvalue weighted by molar-refractivity contribution is 5.92. The predicted molar refractivity (Wildman–Crippen MR) is 117 cm³/mol. The van der Waals surface area contributed by atoms with E-state index in [2.05, 4.69) is 29.2 Å². The quantitative estimate of drug-likeness (QED) is 0.620. The summed E-state index contributed by atoms with van der Waals surface area (Å²) >= 11 is 0. The molecule has 1 saturated heterocycles.